The molecule has 0 saturated heterocycles. The van der Waals surface area contributed by atoms with Gasteiger partial charge in [-0.1, -0.05) is 129 Å². The molecule has 1 unspecified atom stereocenters. The van der Waals surface area contributed by atoms with Gasteiger partial charge in [-0.15, -0.1) is 0 Å². The SMILES string of the molecule is C[Si](C)(C)C(CCP(c1ccccc1)c1ccccc1)(OC(=O)c1ccccc1)c1ccccc1. The lowest BCUT2D eigenvalue weighted by Crippen LogP contribution is -2.53. The molecular formula is C31H33O2PSi. The summed E-state index contributed by atoms with van der Waals surface area (Å²) in [6, 6.07) is 41.3. The van der Waals surface area contributed by atoms with Crippen molar-refractivity contribution in [3.05, 3.63) is 132 Å². The van der Waals surface area contributed by atoms with Crippen molar-refractivity contribution in [2.45, 2.75) is 31.3 Å². The highest BCUT2D eigenvalue weighted by atomic mass is 31.1. The van der Waals surface area contributed by atoms with Crippen molar-refractivity contribution in [2.24, 2.45) is 0 Å². The Morgan fingerprint density at radius 2 is 1.11 bits per heavy atom. The van der Waals surface area contributed by atoms with Crippen molar-refractivity contribution >= 4 is 32.6 Å². The lowest BCUT2D eigenvalue weighted by molar-refractivity contribution is 0.00998. The van der Waals surface area contributed by atoms with Crippen LogP contribution in [0.25, 0.3) is 0 Å². The quantitative estimate of drug-likeness (QED) is 0.140. The maximum atomic E-state index is 13.5. The zero-order valence-electron chi connectivity index (χ0n) is 20.7. The maximum absolute atomic E-state index is 13.5. The molecule has 0 heterocycles. The summed E-state index contributed by atoms with van der Waals surface area (Å²) in [4.78, 5) is 13.5. The van der Waals surface area contributed by atoms with Crippen LogP contribution in [0, 0.1) is 0 Å². The van der Waals surface area contributed by atoms with Crippen molar-refractivity contribution in [3.8, 4) is 0 Å². The monoisotopic (exact) mass is 496 g/mol. The van der Waals surface area contributed by atoms with Gasteiger partial charge in [0.2, 0.25) is 0 Å². The Hall–Kier alpha value is -3.00. The fraction of sp³-hybridized carbons (Fsp3) is 0.194. The molecule has 0 radical (unpaired) electrons. The summed E-state index contributed by atoms with van der Waals surface area (Å²) in [6.07, 6.45) is 1.71. The van der Waals surface area contributed by atoms with Crippen LogP contribution in [0.1, 0.15) is 22.3 Å². The van der Waals surface area contributed by atoms with E-state index < -0.39 is 21.2 Å². The third-order valence-corrected chi connectivity index (χ3v) is 12.1. The second-order valence-electron chi connectivity index (χ2n) is 9.77. The Labute approximate surface area is 211 Å². The zero-order chi connectivity index (χ0) is 24.7. The van der Waals surface area contributed by atoms with Crippen molar-refractivity contribution in [3.63, 3.8) is 0 Å². The van der Waals surface area contributed by atoms with Crippen molar-refractivity contribution in [2.75, 3.05) is 6.16 Å². The summed E-state index contributed by atoms with van der Waals surface area (Å²) < 4.78 is 6.63. The summed E-state index contributed by atoms with van der Waals surface area (Å²) >= 11 is 0. The fourth-order valence-corrected chi connectivity index (χ4v) is 9.54. The van der Waals surface area contributed by atoms with Gasteiger partial charge in [0.1, 0.15) is 13.3 Å². The number of benzene rings is 4. The third kappa shape index (κ3) is 5.81. The number of esters is 1. The molecular weight excluding hydrogens is 463 g/mol. The highest BCUT2D eigenvalue weighted by molar-refractivity contribution is 7.73. The van der Waals surface area contributed by atoms with Crippen LogP contribution in [-0.2, 0) is 9.96 Å². The number of carbonyl (C=O) groups excluding carboxylic acids is 1. The Balaban J connectivity index is 1.76. The first-order chi connectivity index (χ1) is 16.9. The number of hydrogen-bond acceptors (Lipinski definition) is 2. The predicted octanol–water partition coefficient (Wildman–Crippen LogP) is 7.14. The highest BCUT2D eigenvalue weighted by Gasteiger charge is 2.48. The Bertz CT molecular complexity index is 1170. The molecule has 0 N–H and O–H groups in total. The first kappa shape index (κ1) is 25.1. The van der Waals surface area contributed by atoms with Crippen molar-refractivity contribution in [1.82, 2.24) is 0 Å². The van der Waals surface area contributed by atoms with Crippen molar-refractivity contribution < 1.29 is 9.53 Å². The molecule has 0 spiro atoms. The van der Waals surface area contributed by atoms with Crippen LogP contribution in [0.5, 0.6) is 0 Å². The second kappa shape index (κ2) is 11.2. The van der Waals surface area contributed by atoms with E-state index in [0.717, 1.165) is 18.1 Å². The van der Waals surface area contributed by atoms with E-state index in [1.165, 1.54) is 10.6 Å². The van der Waals surface area contributed by atoms with Gasteiger partial charge in [0, 0.05) is 0 Å². The van der Waals surface area contributed by atoms with Gasteiger partial charge < -0.3 is 4.74 Å². The summed E-state index contributed by atoms with van der Waals surface area (Å²) in [5.41, 5.74) is 1.69. The molecule has 1 atom stereocenters. The second-order valence-corrected chi connectivity index (χ2v) is 17.4. The summed E-state index contributed by atoms with van der Waals surface area (Å²) in [5.74, 6) is -0.249. The van der Waals surface area contributed by atoms with Crippen LogP contribution in [0.2, 0.25) is 19.6 Å². The smallest absolute Gasteiger partial charge is 0.338 e. The molecule has 0 amide bonds. The van der Waals surface area contributed by atoms with Gasteiger partial charge in [-0.2, -0.15) is 0 Å². The van der Waals surface area contributed by atoms with Crippen LogP contribution < -0.4 is 10.6 Å². The average Bonchev–Trinajstić information content (AvgIpc) is 2.89. The Morgan fingerprint density at radius 1 is 0.686 bits per heavy atom. The topological polar surface area (TPSA) is 26.3 Å². The Kier molecular flexibility index (Phi) is 8.00. The molecule has 178 valence electrons. The lowest BCUT2D eigenvalue weighted by atomic mass is 10.1. The van der Waals surface area contributed by atoms with E-state index in [0.29, 0.717) is 5.56 Å². The molecule has 0 bridgehead atoms. The van der Waals surface area contributed by atoms with Gasteiger partial charge in [0.25, 0.3) is 0 Å². The van der Waals surface area contributed by atoms with E-state index in [1.807, 2.05) is 36.4 Å². The predicted molar refractivity (Wildman–Crippen MR) is 152 cm³/mol. The van der Waals surface area contributed by atoms with Crippen LogP contribution >= 0.6 is 7.92 Å². The van der Waals surface area contributed by atoms with Crippen LogP contribution in [0.15, 0.2) is 121 Å². The molecule has 4 rings (SSSR count). The minimum Gasteiger partial charge on any atom is -0.455 e. The van der Waals surface area contributed by atoms with Gasteiger partial charge in [-0.25, -0.2) is 4.79 Å². The molecule has 0 aliphatic carbocycles. The molecule has 0 aliphatic rings. The van der Waals surface area contributed by atoms with Gasteiger partial charge >= 0.3 is 5.97 Å². The van der Waals surface area contributed by atoms with Crippen LogP contribution in [-0.4, -0.2) is 20.2 Å². The molecule has 2 nitrogen and oxygen atoms in total. The van der Waals surface area contributed by atoms with E-state index in [9.17, 15) is 4.79 Å². The molecule has 4 heteroatoms. The van der Waals surface area contributed by atoms with E-state index in [4.69, 9.17) is 4.74 Å². The summed E-state index contributed by atoms with van der Waals surface area (Å²) in [7, 11) is -2.68. The molecule has 0 saturated carbocycles. The van der Waals surface area contributed by atoms with Crippen molar-refractivity contribution in [1.29, 1.82) is 0 Å². The molecule has 4 aromatic rings. The van der Waals surface area contributed by atoms with E-state index >= 15 is 0 Å². The largest absolute Gasteiger partial charge is 0.455 e. The molecule has 0 aromatic heterocycles. The minimum absolute atomic E-state index is 0.249. The standard InChI is InChI=1S/C31H33O2PSi/c1-35(2,3)31(27-18-10-5-11-19-27,33-30(32)26-16-8-4-9-17-26)24-25-34(28-20-12-6-13-21-28)29-22-14-7-15-23-29/h4-23H,24-25H2,1-3H3. The Morgan fingerprint density at radius 3 is 1.57 bits per heavy atom. The maximum Gasteiger partial charge on any atom is 0.338 e. The average molecular weight is 497 g/mol. The molecule has 0 aliphatic heterocycles. The molecule has 35 heavy (non-hydrogen) atoms. The van der Waals surface area contributed by atoms with E-state index in [2.05, 4.69) is 105 Å². The normalized spacial score (nSPS) is 13.3. The van der Waals surface area contributed by atoms with Gasteiger partial charge in [-0.05, 0) is 48.8 Å². The summed E-state index contributed by atoms with van der Waals surface area (Å²) in [5, 5.41) is 2.05. The number of rotatable bonds is 9. The van der Waals surface area contributed by atoms with Crippen LogP contribution in [0.3, 0.4) is 0 Å². The van der Waals surface area contributed by atoms with Gasteiger partial charge in [-0.3, -0.25) is 0 Å². The number of carbonyl (C=O) groups is 1. The summed E-state index contributed by atoms with van der Waals surface area (Å²) in [6.45, 7) is 6.93. The van der Waals surface area contributed by atoms with Gasteiger partial charge in [0.15, 0.2) is 0 Å². The highest BCUT2D eigenvalue weighted by Crippen LogP contribution is 2.45. The third-order valence-electron chi connectivity index (χ3n) is 6.55. The van der Waals surface area contributed by atoms with E-state index in [-0.39, 0.29) is 5.97 Å². The minimum atomic E-state index is -2.07. The fourth-order valence-electron chi connectivity index (χ4n) is 4.61. The molecule has 0 fully saturated rings. The first-order valence-corrected chi connectivity index (χ1v) is 17.1. The number of hydrogen-bond donors (Lipinski definition) is 0. The first-order valence-electron chi connectivity index (χ1n) is 12.1. The molecule has 4 aromatic carbocycles. The van der Waals surface area contributed by atoms with Crippen LogP contribution in [0.4, 0.5) is 0 Å². The van der Waals surface area contributed by atoms with E-state index in [1.54, 1.807) is 0 Å². The lowest BCUT2D eigenvalue weighted by Gasteiger charge is -2.44. The van der Waals surface area contributed by atoms with Gasteiger partial charge in [0.05, 0.1) is 5.56 Å². The zero-order valence-corrected chi connectivity index (χ0v) is 22.6. The number of ether oxygens (including phenoxy) is 1.